The van der Waals surface area contributed by atoms with Crippen LogP contribution in [0.4, 0.5) is 0 Å². The molecule has 0 bridgehead atoms. The van der Waals surface area contributed by atoms with Crippen LogP contribution in [0.2, 0.25) is 0 Å². The number of nitrogens with one attached hydrogen (secondary N) is 1. The Morgan fingerprint density at radius 2 is 2.23 bits per heavy atom. The molecule has 0 unspecified atom stereocenters. The average Bonchev–Trinajstić information content (AvgIpc) is 1.78. The highest BCUT2D eigenvalue weighted by atomic mass is 32.2. The van der Waals surface area contributed by atoms with Crippen molar-refractivity contribution < 1.29 is 8.42 Å². The van der Waals surface area contributed by atoms with Crippen LogP contribution < -0.4 is 0 Å². The number of nitrogens with zero attached hydrogens (tertiary/aromatic N) is 1. The van der Waals surface area contributed by atoms with Gasteiger partial charge >= 0.3 is 0 Å². The molecular formula is C7H10N2O2S2. The summed E-state index contributed by atoms with van der Waals surface area (Å²) in [6, 6.07) is 1.68. The van der Waals surface area contributed by atoms with Crippen molar-refractivity contribution >= 4 is 22.1 Å². The molecule has 1 aromatic heterocycles. The maximum absolute atomic E-state index is 10.9. The van der Waals surface area contributed by atoms with Crippen molar-refractivity contribution in [1.29, 1.82) is 0 Å². The fourth-order valence-corrected chi connectivity index (χ4v) is 1.88. The first kappa shape index (κ1) is 10.3. The zero-order chi connectivity index (χ0) is 10.1. The molecule has 1 heterocycles. The predicted molar refractivity (Wildman–Crippen MR) is 52.7 cm³/mol. The van der Waals surface area contributed by atoms with Crippen molar-refractivity contribution in [2.24, 2.45) is 0 Å². The lowest BCUT2D eigenvalue weighted by molar-refractivity contribution is 0.599. The van der Waals surface area contributed by atoms with Gasteiger partial charge in [0.2, 0.25) is 0 Å². The van der Waals surface area contributed by atoms with Gasteiger partial charge in [-0.25, -0.2) is 13.4 Å². The van der Waals surface area contributed by atoms with E-state index in [4.69, 9.17) is 12.2 Å². The SMILES string of the molecule is Cc1cc(=S)nc(CS(C)(=O)=O)[nH]1. The zero-order valence-corrected chi connectivity index (χ0v) is 9.00. The molecule has 0 radical (unpaired) electrons. The molecule has 4 nitrogen and oxygen atoms in total. The number of aromatic amines is 1. The molecule has 0 aliphatic carbocycles. The highest BCUT2D eigenvalue weighted by Gasteiger charge is 2.06. The van der Waals surface area contributed by atoms with Crippen LogP contribution in [0.5, 0.6) is 0 Å². The van der Waals surface area contributed by atoms with Crippen LogP contribution >= 0.6 is 12.2 Å². The number of hydrogen-bond donors (Lipinski definition) is 1. The topological polar surface area (TPSA) is 62.8 Å². The molecule has 1 N–H and O–H groups in total. The number of sulfone groups is 1. The minimum Gasteiger partial charge on any atom is -0.347 e. The molecule has 72 valence electrons. The van der Waals surface area contributed by atoms with Crippen LogP contribution in [0.15, 0.2) is 6.07 Å². The van der Waals surface area contributed by atoms with Gasteiger partial charge in [-0.05, 0) is 13.0 Å². The van der Waals surface area contributed by atoms with E-state index in [-0.39, 0.29) is 5.75 Å². The van der Waals surface area contributed by atoms with Crippen molar-refractivity contribution in [3.63, 3.8) is 0 Å². The summed E-state index contributed by atoms with van der Waals surface area (Å²) in [5.41, 5.74) is 0.818. The van der Waals surface area contributed by atoms with Crippen molar-refractivity contribution in [1.82, 2.24) is 9.97 Å². The van der Waals surface area contributed by atoms with Gasteiger partial charge < -0.3 is 4.98 Å². The Bertz CT molecular complexity index is 462. The van der Waals surface area contributed by atoms with Gasteiger partial charge in [-0.2, -0.15) is 0 Å². The molecule has 1 aromatic rings. The van der Waals surface area contributed by atoms with E-state index < -0.39 is 9.84 Å². The van der Waals surface area contributed by atoms with E-state index in [2.05, 4.69) is 9.97 Å². The predicted octanol–water partition coefficient (Wildman–Crippen LogP) is 0.992. The summed E-state index contributed by atoms with van der Waals surface area (Å²) in [6.07, 6.45) is 1.16. The molecule has 0 aliphatic heterocycles. The van der Waals surface area contributed by atoms with Crippen molar-refractivity contribution in [3.8, 4) is 0 Å². The summed E-state index contributed by atoms with van der Waals surface area (Å²) in [6.45, 7) is 1.81. The normalized spacial score (nSPS) is 11.5. The third-order valence-electron chi connectivity index (χ3n) is 1.33. The van der Waals surface area contributed by atoms with Crippen LogP contribution in [0.1, 0.15) is 11.5 Å². The molecule has 0 amide bonds. The lowest BCUT2D eigenvalue weighted by Gasteiger charge is -2.00. The average molecular weight is 218 g/mol. The molecule has 13 heavy (non-hydrogen) atoms. The van der Waals surface area contributed by atoms with Gasteiger partial charge in [-0.3, -0.25) is 0 Å². The Kier molecular flexibility index (Phi) is 2.82. The number of aromatic nitrogens is 2. The molecule has 0 spiro atoms. The van der Waals surface area contributed by atoms with E-state index in [0.717, 1.165) is 11.9 Å². The lowest BCUT2D eigenvalue weighted by atomic mass is 10.4. The highest BCUT2D eigenvalue weighted by Crippen LogP contribution is 2.00. The number of rotatable bonds is 2. The minimum absolute atomic E-state index is 0.0989. The van der Waals surface area contributed by atoms with Gasteiger partial charge in [0.1, 0.15) is 16.2 Å². The van der Waals surface area contributed by atoms with Crippen molar-refractivity contribution in [2.45, 2.75) is 12.7 Å². The van der Waals surface area contributed by atoms with Gasteiger partial charge in [0.25, 0.3) is 0 Å². The smallest absolute Gasteiger partial charge is 0.154 e. The van der Waals surface area contributed by atoms with Crippen LogP contribution in [0.25, 0.3) is 0 Å². The third kappa shape index (κ3) is 3.65. The Hall–Kier alpha value is -0.750. The second kappa shape index (κ2) is 3.55. The number of hydrogen-bond acceptors (Lipinski definition) is 4. The van der Waals surface area contributed by atoms with Gasteiger partial charge in [-0.15, -0.1) is 0 Å². The standard InChI is InChI=1S/C7H10N2O2S2/c1-5-3-7(12)9-6(8-5)4-13(2,10)11/h3H,4H2,1-2H3,(H,8,9,12). The van der Waals surface area contributed by atoms with Crippen LogP contribution in [-0.4, -0.2) is 24.6 Å². The fraction of sp³-hybridized carbons (Fsp3) is 0.429. The molecule has 0 saturated heterocycles. The van der Waals surface area contributed by atoms with Crippen LogP contribution in [0.3, 0.4) is 0 Å². The zero-order valence-electron chi connectivity index (χ0n) is 7.36. The first-order chi connectivity index (χ1) is 5.87. The lowest BCUT2D eigenvalue weighted by Crippen LogP contribution is -2.05. The third-order valence-corrected chi connectivity index (χ3v) is 2.33. The van der Waals surface area contributed by atoms with E-state index >= 15 is 0 Å². The molecule has 1 rings (SSSR count). The van der Waals surface area contributed by atoms with E-state index in [1.807, 2.05) is 6.92 Å². The Labute approximate surface area is 81.9 Å². The van der Waals surface area contributed by atoms with Gasteiger partial charge in [0.05, 0.1) is 0 Å². The monoisotopic (exact) mass is 218 g/mol. The summed E-state index contributed by atoms with van der Waals surface area (Å²) in [5, 5.41) is 0. The Morgan fingerprint density at radius 1 is 1.62 bits per heavy atom. The van der Waals surface area contributed by atoms with Crippen LogP contribution in [0, 0.1) is 11.6 Å². The summed E-state index contributed by atoms with van der Waals surface area (Å²) in [4.78, 5) is 6.75. The van der Waals surface area contributed by atoms with Crippen molar-refractivity contribution in [3.05, 3.63) is 22.2 Å². The van der Waals surface area contributed by atoms with Gasteiger partial charge in [0.15, 0.2) is 9.84 Å². The molecule has 0 saturated carbocycles. The first-order valence-electron chi connectivity index (χ1n) is 3.61. The van der Waals surface area contributed by atoms with E-state index in [0.29, 0.717) is 10.5 Å². The molecule has 6 heteroatoms. The Morgan fingerprint density at radius 3 is 2.69 bits per heavy atom. The van der Waals surface area contributed by atoms with Gasteiger partial charge in [-0.1, -0.05) is 12.2 Å². The maximum Gasteiger partial charge on any atom is 0.154 e. The Balaban J connectivity index is 3.10. The summed E-state index contributed by atoms with van der Waals surface area (Å²) in [5.74, 6) is 0.297. The summed E-state index contributed by atoms with van der Waals surface area (Å²) < 4.78 is 22.3. The largest absolute Gasteiger partial charge is 0.347 e. The van der Waals surface area contributed by atoms with Crippen LogP contribution in [-0.2, 0) is 15.6 Å². The second-order valence-corrected chi connectivity index (χ2v) is 5.48. The molecule has 0 fully saturated rings. The summed E-state index contributed by atoms with van der Waals surface area (Å²) in [7, 11) is -3.05. The van der Waals surface area contributed by atoms with E-state index in [1.165, 1.54) is 0 Å². The summed E-state index contributed by atoms with van der Waals surface area (Å²) >= 11 is 4.85. The number of H-pyrrole nitrogens is 1. The van der Waals surface area contributed by atoms with E-state index in [1.54, 1.807) is 6.07 Å². The first-order valence-corrected chi connectivity index (χ1v) is 6.08. The molecule has 0 aromatic carbocycles. The number of aryl methyl sites for hydroxylation is 1. The second-order valence-electron chi connectivity index (χ2n) is 2.92. The maximum atomic E-state index is 10.9. The van der Waals surface area contributed by atoms with E-state index in [9.17, 15) is 8.42 Å². The highest BCUT2D eigenvalue weighted by molar-refractivity contribution is 7.89. The molecular weight excluding hydrogens is 208 g/mol. The molecule has 0 atom stereocenters. The van der Waals surface area contributed by atoms with Gasteiger partial charge in [0, 0.05) is 11.9 Å². The fourth-order valence-electron chi connectivity index (χ4n) is 0.959. The minimum atomic E-state index is -3.05. The van der Waals surface area contributed by atoms with Crippen molar-refractivity contribution in [2.75, 3.05) is 6.26 Å². The molecule has 0 aliphatic rings. The quantitative estimate of drug-likeness (QED) is 0.752.